The van der Waals surface area contributed by atoms with E-state index in [0.717, 1.165) is 32.2 Å². The lowest BCUT2D eigenvalue weighted by Gasteiger charge is -2.24. The van der Waals surface area contributed by atoms with Crippen LogP contribution in [0, 0.1) is 11.3 Å². The van der Waals surface area contributed by atoms with Crippen LogP contribution in [0.3, 0.4) is 0 Å². The van der Waals surface area contributed by atoms with Crippen molar-refractivity contribution in [3.8, 4) is 27.6 Å². The summed E-state index contributed by atoms with van der Waals surface area (Å²) in [7, 11) is 0. The molecule has 192 valence electrons. The van der Waals surface area contributed by atoms with E-state index in [2.05, 4.69) is 6.07 Å². The maximum absolute atomic E-state index is 14.1. The van der Waals surface area contributed by atoms with Gasteiger partial charge in [0.25, 0.3) is 5.91 Å². The van der Waals surface area contributed by atoms with E-state index in [1.54, 1.807) is 17.5 Å². The fraction of sp³-hybridized carbons (Fsp3) is 0.0333. The van der Waals surface area contributed by atoms with E-state index in [1.807, 2.05) is 60.7 Å². The summed E-state index contributed by atoms with van der Waals surface area (Å²) in [4.78, 5) is 29.6. The number of halogens is 2. The number of carbonyl (C=O) groups is 2. The molecule has 2 heterocycles. The van der Waals surface area contributed by atoms with Crippen LogP contribution in [0.5, 0.6) is 0 Å². The second-order valence-electron chi connectivity index (χ2n) is 8.44. The molecular formula is C30H18Cl2N2O3S2. The molecule has 0 aliphatic rings. The normalized spacial score (nSPS) is 10.7. The first-order chi connectivity index (χ1) is 18.9. The molecule has 0 saturated heterocycles. The lowest BCUT2D eigenvalue weighted by molar-refractivity contribution is 0.0703. The third-order valence-electron chi connectivity index (χ3n) is 6.01. The SMILES string of the molecule is N#Cc1ccccc1-c1ccc(CN(C(=O)c2ccc(Cl)cc2Cl)c2c(-c3ccccc3)csc2C(=O)O)s1. The van der Waals surface area contributed by atoms with Gasteiger partial charge in [-0.1, -0.05) is 71.7 Å². The second kappa shape index (κ2) is 11.4. The molecule has 5 nitrogen and oxygen atoms in total. The van der Waals surface area contributed by atoms with E-state index in [-0.39, 0.29) is 22.0 Å². The van der Waals surface area contributed by atoms with Crippen molar-refractivity contribution in [1.82, 2.24) is 0 Å². The van der Waals surface area contributed by atoms with Crippen LogP contribution in [0.25, 0.3) is 21.6 Å². The summed E-state index contributed by atoms with van der Waals surface area (Å²) in [6.07, 6.45) is 0. The zero-order valence-electron chi connectivity index (χ0n) is 20.1. The third-order valence-corrected chi connectivity index (χ3v) is 8.62. The van der Waals surface area contributed by atoms with Gasteiger partial charge < -0.3 is 10.0 Å². The molecule has 5 aromatic rings. The maximum atomic E-state index is 14.1. The lowest BCUT2D eigenvalue weighted by atomic mass is 10.0. The van der Waals surface area contributed by atoms with Crippen LogP contribution in [-0.4, -0.2) is 17.0 Å². The van der Waals surface area contributed by atoms with Crippen LogP contribution in [0.1, 0.15) is 30.5 Å². The van der Waals surface area contributed by atoms with Gasteiger partial charge in [-0.05, 0) is 42.0 Å². The van der Waals surface area contributed by atoms with E-state index in [4.69, 9.17) is 23.2 Å². The van der Waals surface area contributed by atoms with E-state index >= 15 is 0 Å². The molecule has 3 aromatic carbocycles. The number of amides is 1. The molecule has 2 aromatic heterocycles. The van der Waals surface area contributed by atoms with E-state index in [0.29, 0.717) is 21.8 Å². The van der Waals surface area contributed by atoms with Crippen molar-refractivity contribution in [3.05, 3.63) is 121 Å². The summed E-state index contributed by atoms with van der Waals surface area (Å²) in [5.74, 6) is -1.59. The number of thiophene rings is 2. The second-order valence-corrected chi connectivity index (χ2v) is 11.3. The maximum Gasteiger partial charge on any atom is 0.348 e. The Balaban J connectivity index is 1.65. The topological polar surface area (TPSA) is 81.4 Å². The van der Waals surface area contributed by atoms with Gasteiger partial charge in [-0.2, -0.15) is 5.26 Å². The molecule has 1 amide bonds. The van der Waals surface area contributed by atoms with Gasteiger partial charge >= 0.3 is 5.97 Å². The average Bonchev–Trinajstić information content (AvgIpc) is 3.59. The first-order valence-electron chi connectivity index (χ1n) is 11.6. The Bertz CT molecular complexity index is 1740. The smallest absolute Gasteiger partial charge is 0.348 e. The highest BCUT2D eigenvalue weighted by atomic mass is 35.5. The number of rotatable bonds is 7. The highest BCUT2D eigenvalue weighted by Gasteiger charge is 2.30. The number of nitriles is 1. The Labute approximate surface area is 242 Å². The fourth-order valence-corrected chi connectivity index (χ4v) is 6.66. The Morgan fingerprint density at radius 1 is 0.923 bits per heavy atom. The van der Waals surface area contributed by atoms with E-state index in [9.17, 15) is 20.0 Å². The van der Waals surface area contributed by atoms with Crippen molar-refractivity contribution in [3.63, 3.8) is 0 Å². The summed E-state index contributed by atoms with van der Waals surface area (Å²) in [6.45, 7) is 0.0913. The summed E-state index contributed by atoms with van der Waals surface area (Å²) < 4.78 is 0. The van der Waals surface area contributed by atoms with E-state index in [1.165, 1.54) is 28.4 Å². The average molecular weight is 590 g/mol. The predicted molar refractivity (Wildman–Crippen MR) is 158 cm³/mol. The van der Waals surface area contributed by atoms with Crippen molar-refractivity contribution in [1.29, 1.82) is 5.26 Å². The highest BCUT2D eigenvalue weighted by Crippen LogP contribution is 2.42. The Morgan fingerprint density at radius 2 is 1.67 bits per heavy atom. The van der Waals surface area contributed by atoms with Crippen molar-refractivity contribution < 1.29 is 14.7 Å². The lowest BCUT2D eigenvalue weighted by Crippen LogP contribution is -2.31. The van der Waals surface area contributed by atoms with Crippen molar-refractivity contribution >= 4 is 63.4 Å². The zero-order valence-corrected chi connectivity index (χ0v) is 23.2. The van der Waals surface area contributed by atoms with Gasteiger partial charge in [-0.15, -0.1) is 22.7 Å². The fourth-order valence-electron chi connectivity index (χ4n) is 4.21. The van der Waals surface area contributed by atoms with Crippen LogP contribution < -0.4 is 4.90 Å². The summed E-state index contributed by atoms with van der Waals surface area (Å²) in [6, 6.07) is 27.2. The molecule has 5 rings (SSSR count). The molecule has 0 fully saturated rings. The molecule has 0 aliphatic heterocycles. The van der Waals surface area contributed by atoms with Gasteiger partial charge in [0.05, 0.1) is 34.5 Å². The van der Waals surface area contributed by atoms with E-state index < -0.39 is 11.9 Å². The van der Waals surface area contributed by atoms with Crippen LogP contribution >= 0.6 is 45.9 Å². The number of carbonyl (C=O) groups excluding carboxylic acids is 1. The minimum atomic E-state index is -1.13. The monoisotopic (exact) mass is 588 g/mol. The minimum absolute atomic E-state index is 0.0406. The summed E-state index contributed by atoms with van der Waals surface area (Å²) >= 11 is 15.0. The van der Waals surface area contributed by atoms with Gasteiger partial charge in [0, 0.05) is 31.3 Å². The molecule has 0 saturated carbocycles. The van der Waals surface area contributed by atoms with Gasteiger partial charge in [-0.3, -0.25) is 4.79 Å². The van der Waals surface area contributed by atoms with Crippen LogP contribution in [0.2, 0.25) is 10.0 Å². The number of carboxylic acid groups (broad SMARTS) is 1. The predicted octanol–water partition coefficient (Wildman–Crippen LogP) is 8.87. The van der Waals surface area contributed by atoms with Gasteiger partial charge in [0.15, 0.2) is 0 Å². The molecule has 0 atom stereocenters. The van der Waals surface area contributed by atoms with Gasteiger partial charge in [-0.25, -0.2) is 4.79 Å². The molecule has 0 bridgehead atoms. The molecule has 39 heavy (non-hydrogen) atoms. The Hall–Kier alpha value is -3.93. The van der Waals surface area contributed by atoms with Crippen molar-refractivity contribution in [2.24, 2.45) is 0 Å². The largest absolute Gasteiger partial charge is 0.477 e. The van der Waals surface area contributed by atoms with Crippen LogP contribution in [0.4, 0.5) is 5.69 Å². The van der Waals surface area contributed by atoms with Crippen molar-refractivity contribution in [2.75, 3.05) is 4.90 Å². The molecule has 1 N–H and O–H groups in total. The minimum Gasteiger partial charge on any atom is -0.477 e. The quantitative estimate of drug-likeness (QED) is 0.206. The summed E-state index contributed by atoms with van der Waals surface area (Å²) in [5.41, 5.74) is 3.25. The first-order valence-corrected chi connectivity index (χ1v) is 14.1. The molecule has 0 aliphatic carbocycles. The number of anilines is 1. The number of nitrogens with zero attached hydrogens (tertiary/aromatic N) is 2. The summed E-state index contributed by atoms with van der Waals surface area (Å²) in [5, 5.41) is 21.9. The standard InChI is InChI=1S/C30H18Cl2N2O3S2/c31-20-10-12-23(25(32)14-20)29(35)34(16-21-11-13-26(39-21)22-9-5-4-8-19(22)15-33)27-24(17-38-28(27)30(36)37)18-6-2-1-3-7-18/h1-14,17H,16H2,(H,36,37). The molecule has 0 spiro atoms. The van der Waals surface area contributed by atoms with Gasteiger partial charge in [0.1, 0.15) is 4.88 Å². The Kier molecular flexibility index (Phi) is 7.82. The number of hydrogen-bond acceptors (Lipinski definition) is 5. The van der Waals surface area contributed by atoms with Gasteiger partial charge in [0.2, 0.25) is 0 Å². The molecule has 9 heteroatoms. The molecular weight excluding hydrogens is 571 g/mol. The molecule has 0 radical (unpaired) electrons. The number of hydrogen-bond donors (Lipinski definition) is 1. The zero-order chi connectivity index (χ0) is 27.5. The first kappa shape index (κ1) is 26.7. The number of benzene rings is 3. The van der Waals surface area contributed by atoms with Crippen LogP contribution in [0.15, 0.2) is 90.3 Å². The van der Waals surface area contributed by atoms with Crippen LogP contribution in [-0.2, 0) is 6.54 Å². The molecule has 0 unspecified atom stereocenters. The highest BCUT2D eigenvalue weighted by molar-refractivity contribution is 7.15. The van der Waals surface area contributed by atoms with Crippen molar-refractivity contribution in [2.45, 2.75) is 6.54 Å². The Morgan fingerprint density at radius 3 is 2.38 bits per heavy atom. The number of carboxylic acids is 1. The number of aromatic carboxylic acids is 1. The third kappa shape index (κ3) is 5.47.